The smallest absolute Gasteiger partial charge is 0.227 e. The molecule has 3 rings (SSSR count). The molecule has 1 atom stereocenters. The summed E-state index contributed by atoms with van der Waals surface area (Å²) in [6.45, 7) is 0.950. The van der Waals surface area contributed by atoms with Gasteiger partial charge in [0.25, 0.3) is 0 Å². The number of hydrogen-bond acceptors (Lipinski definition) is 4. The van der Waals surface area contributed by atoms with Gasteiger partial charge in [-0.2, -0.15) is 0 Å². The lowest BCUT2D eigenvalue weighted by molar-refractivity contribution is -0.126. The average molecular weight is 310 g/mol. The van der Waals surface area contributed by atoms with Crippen molar-refractivity contribution in [1.29, 1.82) is 0 Å². The van der Waals surface area contributed by atoms with Gasteiger partial charge < -0.3 is 10.2 Å². The number of rotatable bonds is 5. The lowest BCUT2D eigenvalue weighted by Crippen LogP contribution is -2.34. The monoisotopic (exact) mass is 310 g/mol. The highest BCUT2D eigenvalue weighted by Crippen LogP contribution is 2.24. The van der Waals surface area contributed by atoms with Gasteiger partial charge >= 0.3 is 0 Å². The zero-order valence-electron chi connectivity index (χ0n) is 12.7. The highest BCUT2D eigenvalue weighted by Gasteiger charge is 2.34. The Kier molecular flexibility index (Phi) is 4.61. The molecule has 118 valence electrons. The number of nitrogens with zero attached hydrogens (tertiary/aromatic N) is 3. The highest BCUT2D eigenvalue weighted by atomic mass is 16.2. The van der Waals surface area contributed by atoms with Gasteiger partial charge in [0.05, 0.1) is 5.92 Å². The molecule has 6 nitrogen and oxygen atoms in total. The van der Waals surface area contributed by atoms with E-state index < -0.39 is 0 Å². The molecule has 6 heteroatoms. The van der Waals surface area contributed by atoms with Crippen LogP contribution in [-0.2, 0) is 16.0 Å². The Bertz CT molecular complexity index is 676. The summed E-state index contributed by atoms with van der Waals surface area (Å²) >= 11 is 0. The van der Waals surface area contributed by atoms with Gasteiger partial charge in [0, 0.05) is 37.6 Å². The number of benzene rings is 1. The van der Waals surface area contributed by atoms with Crippen molar-refractivity contribution in [2.24, 2.45) is 5.92 Å². The zero-order chi connectivity index (χ0) is 16.1. The largest absolute Gasteiger partial charge is 0.355 e. The number of aromatic nitrogens is 2. The topological polar surface area (TPSA) is 75.2 Å². The number of carbonyl (C=O) groups is 2. The van der Waals surface area contributed by atoms with Crippen LogP contribution in [0.1, 0.15) is 12.0 Å². The number of nitrogens with one attached hydrogen (secondary N) is 1. The van der Waals surface area contributed by atoms with Crippen LogP contribution < -0.4 is 10.2 Å². The van der Waals surface area contributed by atoms with E-state index >= 15 is 0 Å². The molecule has 1 N–H and O–H groups in total. The van der Waals surface area contributed by atoms with Crippen LogP contribution in [-0.4, -0.2) is 34.9 Å². The minimum atomic E-state index is -0.297. The Morgan fingerprint density at radius 1 is 1.22 bits per heavy atom. The molecular formula is C17H18N4O2. The van der Waals surface area contributed by atoms with E-state index in [1.165, 1.54) is 6.33 Å². The number of para-hydroxylation sites is 1. The summed E-state index contributed by atoms with van der Waals surface area (Å²) in [5.74, 6) is -0.379. The highest BCUT2D eigenvalue weighted by molar-refractivity contribution is 6.00. The average Bonchev–Trinajstić information content (AvgIpc) is 2.98. The molecule has 2 aromatic rings. The summed E-state index contributed by atoms with van der Waals surface area (Å²) in [5, 5.41) is 2.89. The molecule has 2 heterocycles. The standard InChI is InChI=1S/C17H18N4O2/c22-16-8-14(11-21(16)15-4-2-1-3-5-15)17(23)20-7-6-13-9-18-12-19-10-13/h1-5,9-10,12,14H,6-8,11H2,(H,20,23). The summed E-state index contributed by atoms with van der Waals surface area (Å²) in [4.78, 5) is 33.9. The maximum absolute atomic E-state index is 12.2. The molecule has 1 aliphatic rings. The summed E-state index contributed by atoms with van der Waals surface area (Å²) in [6.07, 6.45) is 5.87. The van der Waals surface area contributed by atoms with Gasteiger partial charge in [-0.05, 0) is 24.1 Å². The summed E-state index contributed by atoms with van der Waals surface area (Å²) in [7, 11) is 0. The summed E-state index contributed by atoms with van der Waals surface area (Å²) in [5.41, 5.74) is 1.82. The minimum absolute atomic E-state index is 0.00666. The number of amides is 2. The molecule has 0 spiro atoms. The van der Waals surface area contributed by atoms with Crippen molar-refractivity contribution < 1.29 is 9.59 Å². The second kappa shape index (κ2) is 7.00. The molecule has 1 aromatic carbocycles. The van der Waals surface area contributed by atoms with Gasteiger partial charge in [0.2, 0.25) is 11.8 Å². The second-order valence-corrected chi connectivity index (χ2v) is 5.53. The molecular weight excluding hydrogens is 292 g/mol. The lowest BCUT2D eigenvalue weighted by Gasteiger charge is -2.16. The van der Waals surface area contributed by atoms with Crippen LogP contribution in [0.4, 0.5) is 5.69 Å². The Morgan fingerprint density at radius 2 is 1.96 bits per heavy atom. The third kappa shape index (κ3) is 3.71. The summed E-state index contributed by atoms with van der Waals surface area (Å²) in [6, 6.07) is 9.44. The molecule has 1 aromatic heterocycles. The fourth-order valence-electron chi connectivity index (χ4n) is 2.67. The predicted molar refractivity (Wildman–Crippen MR) is 85.6 cm³/mol. The number of anilines is 1. The van der Waals surface area contributed by atoms with E-state index in [4.69, 9.17) is 0 Å². The van der Waals surface area contributed by atoms with Gasteiger partial charge in [-0.3, -0.25) is 9.59 Å². The van der Waals surface area contributed by atoms with Crippen LogP contribution in [0.5, 0.6) is 0 Å². The van der Waals surface area contributed by atoms with Crippen molar-refractivity contribution in [3.8, 4) is 0 Å². The third-order valence-corrected chi connectivity index (χ3v) is 3.89. The Labute approximate surface area is 134 Å². The van der Waals surface area contributed by atoms with E-state index in [-0.39, 0.29) is 24.2 Å². The Hall–Kier alpha value is -2.76. The SMILES string of the molecule is O=C(NCCc1cncnc1)C1CC(=O)N(c2ccccc2)C1. The first-order chi connectivity index (χ1) is 11.2. The second-order valence-electron chi connectivity index (χ2n) is 5.53. The van der Waals surface area contributed by atoms with Gasteiger partial charge in [-0.1, -0.05) is 18.2 Å². The van der Waals surface area contributed by atoms with Crippen molar-refractivity contribution in [2.75, 3.05) is 18.0 Å². The fourth-order valence-corrected chi connectivity index (χ4v) is 2.67. The van der Waals surface area contributed by atoms with Crippen molar-refractivity contribution in [3.63, 3.8) is 0 Å². The van der Waals surface area contributed by atoms with Crippen LogP contribution in [0.25, 0.3) is 0 Å². The van der Waals surface area contributed by atoms with E-state index in [1.807, 2.05) is 30.3 Å². The van der Waals surface area contributed by atoms with E-state index in [0.717, 1.165) is 11.3 Å². The van der Waals surface area contributed by atoms with Crippen LogP contribution in [0.15, 0.2) is 49.1 Å². The first-order valence-corrected chi connectivity index (χ1v) is 7.61. The minimum Gasteiger partial charge on any atom is -0.355 e. The Balaban J connectivity index is 1.52. The number of carbonyl (C=O) groups excluding carboxylic acids is 2. The van der Waals surface area contributed by atoms with Gasteiger partial charge in [-0.15, -0.1) is 0 Å². The lowest BCUT2D eigenvalue weighted by atomic mass is 10.1. The molecule has 1 fully saturated rings. The van der Waals surface area contributed by atoms with Crippen LogP contribution in [0.2, 0.25) is 0 Å². The quantitative estimate of drug-likeness (QED) is 0.900. The molecule has 0 aliphatic carbocycles. The zero-order valence-corrected chi connectivity index (χ0v) is 12.7. The van der Waals surface area contributed by atoms with Crippen LogP contribution in [0, 0.1) is 5.92 Å². The predicted octanol–water partition coefficient (Wildman–Crippen LogP) is 1.19. The van der Waals surface area contributed by atoms with E-state index in [1.54, 1.807) is 17.3 Å². The number of hydrogen-bond donors (Lipinski definition) is 1. The molecule has 0 saturated carbocycles. The molecule has 1 saturated heterocycles. The maximum atomic E-state index is 12.2. The van der Waals surface area contributed by atoms with Crippen LogP contribution in [0.3, 0.4) is 0 Å². The normalized spacial score (nSPS) is 17.3. The maximum Gasteiger partial charge on any atom is 0.227 e. The van der Waals surface area contributed by atoms with Crippen LogP contribution >= 0.6 is 0 Å². The third-order valence-electron chi connectivity index (χ3n) is 3.89. The molecule has 0 radical (unpaired) electrons. The van der Waals surface area contributed by atoms with Crippen molar-refractivity contribution >= 4 is 17.5 Å². The molecule has 0 bridgehead atoms. The Morgan fingerprint density at radius 3 is 2.70 bits per heavy atom. The van der Waals surface area contributed by atoms with Crippen molar-refractivity contribution in [2.45, 2.75) is 12.8 Å². The van der Waals surface area contributed by atoms with E-state index in [9.17, 15) is 9.59 Å². The molecule has 2 amide bonds. The van der Waals surface area contributed by atoms with E-state index in [2.05, 4.69) is 15.3 Å². The first kappa shape index (κ1) is 15.1. The molecule has 1 aliphatic heterocycles. The van der Waals surface area contributed by atoms with Gasteiger partial charge in [0.15, 0.2) is 0 Å². The molecule has 1 unspecified atom stereocenters. The van der Waals surface area contributed by atoms with Crippen molar-refractivity contribution in [1.82, 2.24) is 15.3 Å². The summed E-state index contributed by atoms with van der Waals surface area (Å²) < 4.78 is 0. The van der Waals surface area contributed by atoms with Crippen molar-refractivity contribution in [3.05, 3.63) is 54.6 Å². The fraction of sp³-hybridized carbons (Fsp3) is 0.294. The van der Waals surface area contributed by atoms with Gasteiger partial charge in [0.1, 0.15) is 6.33 Å². The molecule has 23 heavy (non-hydrogen) atoms. The van der Waals surface area contributed by atoms with E-state index in [0.29, 0.717) is 19.5 Å². The first-order valence-electron chi connectivity index (χ1n) is 7.61. The van der Waals surface area contributed by atoms with Gasteiger partial charge in [-0.25, -0.2) is 9.97 Å².